The Labute approximate surface area is 178 Å². The van der Waals surface area contributed by atoms with Gasteiger partial charge in [-0.05, 0) is 24.3 Å². The van der Waals surface area contributed by atoms with E-state index in [1.807, 2.05) is 52.1 Å². The first-order valence-corrected chi connectivity index (χ1v) is 10.9. The van der Waals surface area contributed by atoms with Crippen LogP contribution in [0.2, 0.25) is 0 Å². The van der Waals surface area contributed by atoms with Gasteiger partial charge in [-0.3, -0.25) is 9.59 Å². The number of thiazole rings is 1. The molecule has 4 heterocycles. The Kier molecular flexibility index (Phi) is 4.82. The molecule has 8 nitrogen and oxygen atoms in total. The molecule has 0 radical (unpaired) electrons. The first kappa shape index (κ1) is 18.9. The van der Waals surface area contributed by atoms with Crippen LogP contribution >= 0.6 is 11.3 Å². The topological polar surface area (TPSA) is 93.0 Å². The van der Waals surface area contributed by atoms with Gasteiger partial charge < -0.3 is 14.8 Å². The summed E-state index contributed by atoms with van der Waals surface area (Å²) in [5.41, 5.74) is 1.56. The lowest BCUT2D eigenvalue weighted by Gasteiger charge is -2.25. The van der Waals surface area contributed by atoms with Crippen LogP contribution in [0.3, 0.4) is 0 Å². The zero-order valence-corrected chi connectivity index (χ0v) is 17.4. The van der Waals surface area contributed by atoms with Gasteiger partial charge in [-0.15, -0.1) is 21.5 Å². The van der Waals surface area contributed by atoms with E-state index in [-0.39, 0.29) is 17.7 Å². The number of likely N-dealkylation sites (tertiary alicyclic amines) is 1. The summed E-state index contributed by atoms with van der Waals surface area (Å²) in [5.74, 6) is 1.56. The number of aromatic nitrogens is 4. The van der Waals surface area contributed by atoms with Crippen LogP contribution in [-0.2, 0) is 19.5 Å². The molecule has 5 rings (SSSR count). The highest BCUT2D eigenvalue weighted by Gasteiger charge is 2.41. The predicted octanol–water partition coefficient (Wildman–Crippen LogP) is 1.92. The minimum Gasteiger partial charge on any atom is -0.345 e. The first-order chi connectivity index (χ1) is 14.6. The van der Waals surface area contributed by atoms with Gasteiger partial charge in [0, 0.05) is 38.0 Å². The Bertz CT molecular complexity index is 1090. The molecule has 1 aromatic carbocycles. The van der Waals surface area contributed by atoms with Gasteiger partial charge in [0.2, 0.25) is 5.82 Å². The number of fused-ring (bicyclic) bond motifs is 2. The molecular weight excluding hydrogens is 400 g/mol. The number of aryl methyl sites for hydroxylation is 1. The average molecular weight is 423 g/mol. The van der Waals surface area contributed by atoms with Crippen LogP contribution in [0, 0.1) is 18.8 Å². The third-order valence-electron chi connectivity index (χ3n) is 5.89. The minimum atomic E-state index is -0.222. The van der Waals surface area contributed by atoms with Crippen LogP contribution < -0.4 is 5.32 Å². The number of carbonyl (C=O) groups is 2. The van der Waals surface area contributed by atoms with E-state index < -0.39 is 0 Å². The summed E-state index contributed by atoms with van der Waals surface area (Å²) in [5, 5.41) is 14.1. The van der Waals surface area contributed by atoms with E-state index in [0.717, 1.165) is 22.8 Å². The van der Waals surface area contributed by atoms with Crippen molar-refractivity contribution < 1.29 is 9.59 Å². The van der Waals surface area contributed by atoms with Gasteiger partial charge in [0.25, 0.3) is 11.8 Å². The molecule has 9 heteroatoms. The zero-order chi connectivity index (χ0) is 20.7. The molecule has 0 spiro atoms. The molecule has 0 aliphatic carbocycles. The molecule has 0 saturated carbocycles. The van der Waals surface area contributed by atoms with Crippen molar-refractivity contribution in [3.8, 4) is 0 Å². The largest absolute Gasteiger partial charge is 0.345 e. The van der Waals surface area contributed by atoms with Gasteiger partial charge in [-0.2, -0.15) is 0 Å². The lowest BCUT2D eigenvalue weighted by Crippen LogP contribution is -2.33. The van der Waals surface area contributed by atoms with E-state index in [1.165, 1.54) is 11.3 Å². The maximum atomic E-state index is 12.8. The second-order valence-corrected chi connectivity index (χ2v) is 8.97. The fourth-order valence-electron chi connectivity index (χ4n) is 4.34. The average Bonchev–Trinajstić information content (AvgIpc) is 3.48. The second-order valence-electron chi connectivity index (χ2n) is 7.90. The van der Waals surface area contributed by atoms with E-state index in [9.17, 15) is 9.59 Å². The van der Waals surface area contributed by atoms with Crippen molar-refractivity contribution in [3.05, 3.63) is 63.6 Å². The number of nitrogens with zero attached hydrogens (tertiary/aromatic N) is 5. The summed E-state index contributed by atoms with van der Waals surface area (Å²) in [6.45, 7) is 4.37. The molecule has 2 aliphatic heterocycles. The smallest absolute Gasteiger partial charge is 0.289 e. The molecule has 3 aromatic rings. The van der Waals surface area contributed by atoms with E-state index in [1.54, 1.807) is 0 Å². The molecule has 2 atom stereocenters. The van der Waals surface area contributed by atoms with Gasteiger partial charge in [0.1, 0.15) is 11.5 Å². The Morgan fingerprint density at radius 3 is 2.70 bits per heavy atom. The summed E-state index contributed by atoms with van der Waals surface area (Å²) >= 11 is 1.49. The Morgan fingerprint density at radius 1 is 1.13 bits per heavy atom. The second kappa shape index (κ2) is 7.64. The monoisotopic (exact) mass is 422 g/mol. The van der Waals surface area contributed by atoms with Crippen molar-refractivity contribution >= 4 is 23.2 Å². The minimum absolute atomic E-state index is 0.00894. The molecule has 154 valence electrons. The van der Waals surface area contributed by atoms with Gasteiger partial charge in [-0.25, -0.2) is 4.98 Å². The number of hydrogen-bond acceptors (Lipinski definition) is 6. The van der Waals surface area contributed by atoms with Crippen LogP contribution in [-0.4, -0.2) is 49.6 Å². The van der Waals surface area contributed by atoms with E-state index in [4.69, 9.17) is 0 Å². The molecule has 2 aliphatic rings. The first-order valence-electron chi connectivity index (χ1n) is 10.0. The summed E-state index contributed by atoms with van der Waals surface area (Å²) < 4.78 is 1.92. The summed E-state index contributed by atoms with van der Waals surface area (Å²) in [6, 6.07) is 9.78. The molecule has 1 saturated heterocycles. The molecule has 1 N–H and O–H groups in total. The van der Waals surface area contributed by atoms with Gasteiger partial charge in [0.15, 0.2) is 0 Å². The zero-order valence-electron chi connectivity index (χ0n) is 16.6. The third kappa shape index (κ3) is 3.49. The highest BCUT2D eigenvalue weighted by atomic mass is 32.1. The fraction of sp³-hybridized carbons (Fsp3) is 0.381. The number of nitrogens with one attached hydrogen (secondary N) is 1. The Morgan fingerprint density at radius 2 is 1.93 bits per heavy atom. The number of rotatable bonds is 4. The maximum Gasteiger partial charge on any atom is 0.289 e. The van der Waals surface area contributed by atoms with Gasteiger partial charge >= 0.3 is 0 Å². The lowest BCUT2D eigenvalue weighted by atomic mass is 9.89. The molecule has 1 fully saturated rings. The van der Waals surface area contributed by atoms with Crippen molar-refractivity contribution in [2.75, 3.05) is 13.1 Å². The van der Waals surface area contributed by atoms with E-state index in [0.29, 0.717) is 43.6 Å². The summed E-state index contributed by atoms with van der Waals surface area (Å²) in [6.07, 6.45) is 0.726. The SMILES string of the molecule is Cc1nc(C(=O)N2C[C@@H]3Cc4nnc(C(=O)NCc5ccccc5)n4C[C@@H]3C2)cs1. The number of hydrogen-bond donors (Lipinski definition) is 1. The highest BCUT2D eigenvalue weighted by molar-refractivity contribution is 7.09. The maximum absolute atomic E-state index is 12.8. The third-order valence-corrected chi connectivity index (χ3v) is 6.66. The fourth-order valence-corrected chi connectivity index (χ4v) is 4.93. The van der Waals surface area contributed by atoms with E-state index in [2.05, 4.69) is 20.5 Å². The van der Waals surface area contributed by atoms with Crippen LogP contribution in [0.4, 0.5) is 0 Å². The van der Waals surface area contributed by atoms with Gasteiger partial charge in [-0.1, -0.05) is 30.3 Å². The number of amides is 2. The van der Waals surface area contributed by atoms with Crippen molar-refractivity contribution in [2.24, 2.45) is 11.8 Å². The highest BCUT2D eigenvalue weighted by Crippen LogP contribution is 2.33. The van der Waals surface area contributed by atoms with Crippen molar-refractivity contribution in [1.29, 1.82) is 0 Å². The molecule has 30 heavy (non-hydrogen) atoms. The van der Waals surface area contributed by atoms with Crippen LogP contribution in [0.5, 0.6) is 0 Å². The summed E-state index contributed by atoms with van der Waals surface area (Å²) in [4.78, 5) is 31.7. The van der Waals surface area contributed by atoms with E-state index >= 15 is 0 Å². The van der Waals surface area contributed by atoms with Crippen LogP contribution in [0.1, 0.15) is 37.5 Å². The Balaban J connectivity index is 1.26. The van der Waals surface area contributed by atoms with Crippen molar-refractivity contribution in [3.63, 3.8) is 0 Å². The lowest BCUT2D eigenvalue weighted by molar-refractivity contribution is 0.0777. The number of carbonyl (C=O) groups excluding carboxylic acids is 2. The standard InChI is InChI=1S/C21H22N6O2S/c1-13-23-17(12-30-13)21(29)26-9-15-7-18-24-25-19(27(18)11-16(15)10-26)20(28)22-8-14-5-3-2-4-6-14/h2-6,12,15-16H,7-11H2,1H3,(H,22,28)/t15-,16-/m0/s1. The molecule has 0 bridgehead atoms. The molecule has 2 aromatic heterocycles. The summed E-state index contributed by atoms with van der Waals surface area (Å²) in [7, 11) is 0. The van der Waals surface area contributed by atoms with Crippen LogP contribution in [0.25, 0.3) is 0 Å². The molecular formula is C21H22N6O2S. The molecule has 0 unspecified atom stereocenters. The predicted molar refractivity (Wildman–Crippen MR) is 111 cm³/mol. The molecule has 2 amide bonds. The van der Waals surface area contributed by atoms with Gasteiger partial charge in [0.05, 0.1) is 5.01 Å². The van der Waals surface area contributed by atoms with Crippen molar-refractivity contribution in [2.45, 2.75) is 26.4 Å². The quantitative estimate of drug-likeness (QED) is 0.693. The van der Waals surface area contributed by atoms with Crippen molar-refractivity contribution in [1.82, 2.24) is 30.0 Å². The Hall–Kier alpha value is -3.07. The normalized spacial score (nSPS) is 20.0. The number of benzene rings is 1. The van der Waals surface area contributed by atoms with Crippen LogP contribution in [0.15, 0.2) is 35.7 Å².